The van der Waals surface area contributed by atoms with Crippen molar-refractivity contribution in [3.8, 4) is 33.9 Å². The van der Waals surface area contributed by atoms with Gasteiger partial charge < -0.3 is 0 Å². The predicted octanol–water partition coefficient (Wildman–Crippen LogP) is 10.7. The summed E-state index contributed by atoms with van der Waals surface area (Å²) in [4.78, 5) is 15.2. The fourth-order valence-electron chi connectivity index (χ4n) is 6.24. The first-order chi connectivity index (χ1) is 21.3. The van der Waals surface area contributed by atoms with Crippen LogP contribution in [0.4, 0.5) is 0 Å². The van der Waals surface area contributed by atoms with Crippen molar-refractivity contribution in [1.29, 1.82) is 0 Å². The maximum Gasteiger partial charge on any atom is 0.160 e. The van der Waals surface area contributed by atoms with Crippen LogP contribution in [0.2, 0.25) is 0 Å². The third kappa shape index (κ3) is 3.84. The minimum atomic E-state index is 0.730. The van der Waals surface area contributed by atoms with Gasteiger partial charge in [-0.3, -0.25) is 0 Å². The molecule has 0 saturated carbocycles. The minimum absolute atomic E-state index is 0.730. The van der Waals surface area contributed by atoms with Gasteiger partial charge in [0.25, 0.3) is 0 Å². The molecule has 0 bridgehead atoms. The first kappa shape index (κ1) is 24.2. The second-order valence-corrected chi connectivity index (χ2v) is 11.8. The highest BCUT2D eigenvalue weighted by atomic mass is 32.1. The molecule has 9 aromatic rings. The van der Waals surface area contributed by atoms with E-state index in [1.165, 1.54) is 36.3 Å². The first-order valence-electron chi connectivity index (χ1n) is 14.4. The van der Waals surface area contributed by atoms with Crippen LogP contribution >= 0.6 is 11.3 Å². The minimum Gasteiger partial charge on any atom is -0.247 e. The van der Waals surface area contributed by atoms with Gasteiger partial charge in [0, 0.05) is 58.4 Å². The van der Waals surface area contributed by atoms with E-state index in [-0.39, 0.29) is 0 Å². The van der Waals surface area contributed by atoms with Crippen LogP contribution in [0.5, 0.6) is 0 Å². The Balaban J connectivity index is 1.25. The molecule has 9 rings (SSSR count). The Kier molecular flexibility index (Phi) is 5.37. The van der Waals surface area contributed by atoms with Gasteiger partial charge in [0.1, 0.15) is 0 Å². The standard InChI is InChI=1S/C39H23N3S/c1-2-10-26(11-3-1)39-41-33-16-8-5-14-30(33)36(42-39)24-18-20-25(21-19-24)37-31-23-22-28-27-12-6-9-17-34(27)43-38(28)35(31)29-13-4-7-15-32(29)40-37/h1-23H. The summed E-state index contributed by atoms with van der Waals surface area (Å²) in [7, 11) is 0. The molecule has 0 aliphatic heterocycles. The molecular weight excluding hydrogens is 543 g/mol. The topological polar surface area (TPSA) is 38.7 Å². The van der Waals surface area contributed by atoms with E-state index >= 15 is 0 Å². The lowest BCUT2D eigenvalue weighted by atomic mass is 9.97. The van der Waals surface area contributed by atoms with Crippen LogP contribution in [0.3, 0.4) is 0 Å². The summed E-state index contributed by atoms with van der Waals surface area (Å²) in [5.74, 6) is 0.730. The highest BCUT2D eigenvalue weighted by molar-refractivity contribution is 7.26. The monoisotopic (exact) mass is 565 g/mol. The molecule has 0 amide bonds. The zero-order valence-corrected chi connectivity index (χ0v) is 23.8. The van der Waals surface area contributed by atoms with Gasteiger partial charge in [0.15, 0.2) is 5.82 Å². The number of thiophene rings is 1. The summed E-state index contributed by atoms with van der Waals surface area (Å²) in [6.07, 6.45) is 0. The summed E-state index contributed by atoms with van der Waals surface area (Å²) < 4.78 is 2.62. The lowest BCUT2D eigenvalue weighted by molar-refractivity contribution is 1.23. The summed E-state index contributed by atoms with van der Waals surface area (Å²) in [5, 5.41) is 7.29. The van der Waals surface area contributed by atoms with Gasteiger partial charge in [-0.05, 0) is 18.2 Å². The van der Waals surface area contributed by atoms with Gasteiger partial charge in [-0.1, -0.05) is 121 Å². The van der Waals surface area contributed by atoms with Gasteiger partial charge in [-0.2, -0.15) is 0 Å². The van der Waals surface area contributed by atoms with Gasteiger partial charge in [0.2, 0.25) is 0 Å². The first-order valence-corrected chi connectivity index (χ1v) is 15.2. The summed E-state index contributed by atoms with van der Waals surface area (Å²) in [5.41, 5.74) is 7.01. The molecule has 0 aliphatic rings. The number of benzene rings is 6. The maximum absolute atomic E-state index is 5.22. The highest BCUT2D eigenvalue weighted by Gasteiger charge is 2.17. The lowest BCUT2D eigenvalue weighted by Gasteiger charge is -2.12. The number of hydrogen-bond donors (Lipinski definition) is 0. The largest absolute Gasteiger partial charge is 0.247 e. The van der Waals surface area contributed by atoms with E-state index in [1.54, 1.807) is 0 Å². The zero-order valence-electron chi connectivity index (χ0n) is 23.0. The van der Waals surface area contributed by atoms with E-state index in [0.29, 0.717) is 0 Å². The lowest BCUT2D eigenvalue weighted by Crippen LogP contribution is -1.95. The number of nitrogens with zero attached hydrogens (tertiary/aromatic N) is 3. The molecule has 3 aromatic heterocycles. The molecule has 0 saturated heterocycles. The molecule has 0 radical (unpaired) electrons. The van der Waals surface area contributed by atoms with Gasteiger partial charge in [-0.25, -0.2) is 15.0 Å². The number of para-hydroxylation sites is 2. The SMILES string of the molecule is c1ccc(-c2nc(-c3ccc(-c4nc5ccccc5c5c4ccc4c6ccccc6sc45)cc3)c3ccccc3n2)cc1. The van der Waals surface area contributed by atoms with Crippen LogP contribution in [0.1, 0.15) is 0 Å². The van der Waals surface area contributed by atoms with Crippen molar-refractivity contribution in [3.05, 3.63) is 140 Å². The number of fused-ring (bicyclic) bond motifs is 8. The van der Waals surface area contributed by atoms with E-state index in [0.717, 1.165) is 50.3 Å². The smallest absolute Gasteiger partial charge is 0.160 e. The highest BCUT2D eigenvalue weighted by Crippen LogP contribution is 2.43. The van der Waals surface area contributed by atoms with Crippen LogP contribution in [-0.4, -0.2) is 15.0 Å². The van der Waals surface area contributed by atoms with Crippen molar-refractivity contribution in [1.82, 2.24) is 15.0 Å². The summed E-state index contributed by atoms with van der Waals surface area (Å²) in [6, 6.07) is 48.8. The van der Waals surface area contributed by atoms with E-state index < -0.39 is 0 Å². The normalized spacial score (nSPS) is 11.7. The Labute approximate surface area is 251 Å². The average Bonchev–Trinajstić information content (AvgIpc) is 3.47. The molecule has 3 nitrogen and oxygen atoms in total. The Morgan fingerprint density at radius 2 is 0.953 bits per heavy atom. The molecule has 0 fully saturated rings. The molecule has 0 N–H and O–H groups in total. The van der Waals surface area contributed by atoms with Gasteiger partial charge in [0.05, 0.1) is 22.4 Å². The number of hydrogen-bond acceptors (Lipinski definition) is 4. The second-order valence-electron chi connectivity index (χ2n) is 10.8. The molecular formula is C39H23N3S. The number of aromatic nitrogens is 3. The fourth-order valence-corrected chi connectivity index (χ4v) is 7.50. The van der Waals surface area contributed by atoms with Crippen molar-refractivity contribution in [3.63, 3.8) is 0 Å². The fraction of sp³-hybridized carbons (Fsp3) is 0. The molecule has 0 spiro atoms. The van der Waals surface area contributed by atoms with Crippen molar-refractivity contribution in [2.75, 3.05) is 0 Å². The molecule has 200 valence electrons. The Bertz CT molecular complexity index is 2500. The maximum atomic E-state index is 5.22. The van der Waals surface area contributed by atoms with Crippen molar-refractivity contribution in [2.45, 2.75) is 0 Å². The van der Waals surface area contributed by atoms with E-state index in [9.17, 15) is 0 Å². The van der Waals surface area contributed by atoms with Crippen LogP contribution in [0, 0.1) is 0 Å². The van der Waals surface area contributed by atoms with E-state index in [2.05, 4.69) is 109 Å². The van der Waals surface area contributed by atoms with Crippen molar-refractivity contribution in [2.24, 2.45) is 0 Å². The zero-order chi connectivity index (χ0) is 28.3. The van der Waals surface area contributed by atoms with Crippen LogP contribution in [0.15, 0.2) is 140 Å². The van der Waals surface area contributed by atoms with Crippen molar-refractivity contribution < 1.29 is 0 Å². The van der Waals surface area contributed by atoms with E-state index in [1.807, 2.05) is 41.7 Å². The van der Waals surface area contributed by atoms with Gasteiger partial charge >= 0.3 is 0 Å². The average molecular weight is 566 g/mol. The molecule has 0 unspecified atom stereocenters. The molecule has 4 heteroatoms. The molecule has 6 aromatic carbocycles. The van der Waals surface area contributed by atoms with Crippen LogP contribution in [-0.2, 0) is 0 Å². The van der Waals surface area contributed by atoms with Crippen molar-refractivity contribution >= 4 is 64.1 Å². The molecule has 3 heterocycles. The Morgan fingerprint density at radius 3 is 1.72 bits per heavy atom. The number of pyridine rings is 1. The Hall–Kier alpha value is -5.45. The van der Waals surface area contributed by atoms with E-state index in [4.69, 9.17) is 15.0 Å². The predicted molar refractivity (Wildman–Crippen MR) is 182 cm³/mol. The molecule has 0 aliphatic carbocycles. The van der Waals surface area contributed by atoms with Crippen LogP contribution in [0.25, 0.3) is 86.7 Å². The third-order valence-corrected chi connectivity index (χ3v) is 9.48. The summed E-state index contributed by atoms with van der Waals surface area (Å²) in [6.45, 7) is 0. The Morgan fingerprint density at radius 1 is 0.372 bits per heavy atom. The van der Waals surface area contributed by atoms with Crippen LogP contribution < -0.4 is 0 Å². The second kappa shape index (κ2) is 9.55. The molecule has 43 heavy (non-hydrogen) atoms. The summed E-state index contributed by atoms with van der Waals surface area (Å²) >= 11 is 1.87. The third-order valence-electron chi connectivity index (χ3n) is 8.27. The number of rotatable bonds is 3. The molecule has 0 atom stereocenters. The van der Waals surface area contributed by atoms with Gasteiger partial charge in [-0.15, -0.1) is 11.3 Å². The quantitative estimate of drug-likeness (QED) is 0.200.